The van der Waals surface area contributed by atoms with Crippen LogP contribution in [0.15, 0.2) is 18.2 Å². The summed E-state index contributed by atoms with van der Waals surface area (Å²) in [6, 6.07) is 1.71. The van der Waals surface area contributed by atoms with Gasteiger partial charge in [-0.3, -0.25) is 0 Å². The van der Waals surface area contributed by atoms with Crippen LogP contribution in [0, 0.1) is 0 Å². The zero-order valence-electron chi connectivity index (χ0n) is 7.55. The van der Waals surface area contributed by atoms with E-state index >= 15 is 0 Å². The maximum absolute atomic E-state index is 12.3. The zero-order valence-corrected chi connectivity index (χ0v) is 8.31. The van der Waals surface area contributed by atoms with Crippen molar-refractivity contribution in [1.82, 2.24) is 0 Å². The van der Waals surface area contributed by atoms with Crippen molar-refractivity contribution in [2.24, 2.45) is 5.73 Å². The van der Waals surface area contributed by atoms with E-state index in [9.17, 15) is 13.2 Å². The molecule has 0 aliphatic rings. The Balaban J connectivity index is 3.17. The lowest BCUT2D eigenvalue weighted by atomic mass is 10.0. The zero-order chi connectivity index (χ0) is 11.6. The normalized spacial score (nSPS) is 14.0. The van der Waals surface area contributed by atoms with Gasteiger partial charge in [-0.1, -0.05) is 17.7 Å². The second kappa shape index (κ2) is 4.38. The highest BCUT2D eigenvalue weighted by atomic mass is 35.5. The molecule has 0 heterocycles. The third kappa shape index (κ3) is 2.84. The van der Waals surface area contributed by atoms with Gasteiger partial charge in [-0.05, 0) is 23.3 Å². The van der Waals surface area contributed by atoms with Gasteiger partial charge in [0.15, 0.2) is 0 Å². The standard InChI is InChI=1S/C9H9ClF3NO/c10-6-2-1-5(4-15)7(3-6)8(14)9(11,12)13/h1-3,8,15H,4,14H2/t8-/m0/s1. The minimum Gasteiger partial charge on any atom is -0.392 e. The van der Waals surface area contributed by atoms with Crippen molar-refractivity contribution in [3.05, 3.63) is 34.3 Å². The smallest absolute Gasteiger partial charge is 0.392 e. The summed E-state index contributed by atoms with van der Waals surface area (Å²) in [6.07, 6.45) is -4.55. The first kappa shape index (κ1) is 12.3. The van der Waals surface area contributed by atoms with Gasteiger partial charge < -0.3 is 10.8 Å². The number of aliphatic hydroxyl groups is 1. The minimum absolute atomic E-state index is 0.129. The predicted molar refractivity (Wildman–Crippen MR) is 50.4 cm³/mol. The number of hydrogen-bond donors (Lipinski definition) is 2. The van der Waals surface area contributed by atoms with Crippen LogP contribution in [0.4, 0.5) is 13.2 Å². The first-order valence-electron chi connectivity index (χ1n) is 4.07. The van der Waals surface area contributed by atoms with Crippen LogP contribution in [0.2, 0.25) is 5.02 Å². The summed E-state index contributed by atoms with van der Waals surface area (Å²) < 4.78 is 37.0. The van der Waals surface area contributed by atoms with Crippen LogP contribution >= 0.6 is 11.6 Å². The van der Waals surface area contributed by atoms with Gasteiger partial charge >= 0.3 is 6.18 Å². The highest BCUT2D eigenvalue weighted by Crippen LogP contribution is 2.33. The van der Waals surface area contributed by atoms with Gasteiger partial charge in [-0.25, -0.2) is 0 Å². The fourth-order valence-electron chi connectivity index (χ4n) is 1.18. The van der Waals surface area contributed by atoms with E-state index in [4.69, 9.17) is 22.4 Å². The van der Waals surface area contributed by atoms with Gasteiger partial charge in [0, 0.05) is 5.02 Å². The van der Waals surface area contributed by atoms with Gasteiger partial charge in [-0.15, -0.1) is 0 Å². The average Bonchev–Trinajstić information content (AvgIpc) is 2.15. The van der Waals surface area contributed by atoms with Crippen LogP contribution in [0.5, 0.6) is 0 Å². The quantitative estimate of drug-likeness (QED) is 0.833. The van der Waals surface area contributed by atoms with Gasteiger partial charge in [0.25, 0.3) is 0 Å². The lowest BCUT2D eigenvalue weighted by Crippen LogP contribution is -2.29. The molecule has 84 valence electrons. The molecule has 0 bridgehead atoms. The summed E-state index contributed by atoms with van der Waals surface area (Å²) in [5.41, 5.74) is 4.95. The van der Waals surface area contributed by atoms with Crippen molar-refractivity contribution in [2.75, 3.05) is 0 Å². The van der Waals surface area contributed by atoms with Gasteiger partial charge in [0.1, 0.15) is 6.04 Å². The van der Waals surface area contributed by atoms with Gasteiger partial charge in [0.05, 0.1) is 6.61 Å². The molecule has 0 saturated heterocycles. The monoisotopic (exact) mass is 239 g/mol. The molecule has 0 radical (unpaired) electrons. The molecule has 0 aromatic heterocycles. The van der Waals surface area contributed by atoms with E-state index in [1.165, 1.54) is 12.1 Å². The summed E-state index contributed by atoms with van der Waals surface area (Å²) in [5, 5.41) is 9.01. The number of halogens is 4. The third-order valence-corrected chi connectivity index (χ3v) is 2.20. The Morgan fingerprint density at radius 2 is 2.00 bits per heavy atom. The molecule has 1 atom stereocenters. The molecule has 15 heavy (non-hydrogen) atoms. The van der Waals surface area contributed by atoms with Crippen LogP contribution in [0.3, 0.4) is 0 Å². The van der Waals surface area contributed by atoms with Crippen molar-refractivity contribution < 1.29 is 18.3 Å². The average molecular weight is 240 g/mol. The number of rotatable bonds is 2. The molecular formula is C9H9ClF3NO. The van der Waals surface area contributed by atoms with E-state index in [0.717, 1.165) is 6.07 Å². The van der Waals surface area contributed by atoms with Crippen LogP contribution < -0.4 is 5.73 Å². The van der Waals surface area contributed by atoms with E-state index in [1.807, 2.05) is 0 Å². The van der Waals surface area contributed by atoms with E-state index in [1.54, 1.807) is 0 Å². The van der Waals surface area contributed by atoms with E-state index in [2.05, 4.69) is 0 Å². The van der Waals surface area contributed by atoms with Crippen molar-refractivity contribution in [2.45, 2.75) is 18.8 Å². The minimum atomic E-state index is -4.55. The first-order valence-corrected chi connectivity index (χ1v) is 4.45. The molecule has 0 saturated carbocycles. The Kier molecular flexibility index (Phi) is 3.59. The molecule has 0 unspecified atom stereocenters. The maximum Gasteiger partial charge on any atom is 0.407 e. The molecule has 6 heteroatoms. The molecule has 1 aromatic rings. The van der Waals surface area contributed by atoms with Crippen molar-refractivity contribution >= 4 is 11.6 Å². The Morgan fingerprint density at radius 1 is 1.40 bits per heavy atom. The summed E-state index contributed by atoms with van der Waals surface area (Å²) in [5.74, 6) is 0. The van der Waals surface area contributed by atoms with Crippen LogP contribution in [-0.4, -0.2) is 11.3 Å². The molecule has 1 aromatic carbocycles. The molecule has 0 aliphatic carbocycles. The van der Waals surface area contributed by atoms with Crippen molar-refractivity contribution in [3.63, 3.8) is 0 Å². The summed E-state index contributed by atoms with van der Waals surface area (Å²) in [7, 11) is 0. The number of aliphatic hydroxyl groups excluding tert-OH is 1. The lowest BCUT2D eigenvalue weighted by Gasteiger charge is -2.18. The Morgan fingerprint density at radius 3 is 2.47 bits per heavy atom. The molecule has 1 rings (SSSR count). The summed E-state index contributed by atoms with van der Waals surface area (Å²) >= 11 is 5.56. The molecular weight excluding hydrogens is 231 g/mol. The number of benzene rings is 1. The molecule has 0 fully saturated rings. The number of nitrogens with two attached hydrogens (primary N) is 1. The van der Waals surface area contributed by atoms with E-state index < -0.39 is 18.8 Å². The van der Waals surface area contributed by atoms with Crippen molar-refractivity contribution in [1.29, 1.82) is 0 Å². The Labute approximate surface area is 89.5 Å². The SMILES string of the molecule is N[C@@H](c1cc(Cl)ccc1CO)C(F)(F)F. The molecule has 0 spiro atoms. The van der Waals surface area contributed by atoms with Crippen LogP contribution in [-0.2, 0) is 6.61 Å². The molecule has 3 N–H and O–H groups in total. The predicted octanol–water partition coefficient (Wildman–Crippen LogP) is 2.39. The second-order valence-electron chi connectivity index (χ2n) is 3.02. The highest BCUT2D eigenvalue weighted by molar-refractivity contribution is 6.30. The summed E-state index contributed by atoms with van der Waals surface area (Å²) in [6.45, 7) is -0.504. The topological polar surface area (TPSA) is 46.2 Å². The number of hydrogen-bond acceptors (Lipinski definition) is 2. The lowest BCUT2D eigenvalue weighted by molar-refractivity contribution is -0.149. The fourth-order valence-corrected chi connectivity index (χ4v) is 1.36. The Hall–Kier alpha value is -0.780. The highest BCUT2D eigenvalue weighted by Gasteiger charge is 2.38. The second-order valence-corrected chi connectivity index (χ2v) is 3.46. The van der Waals surface area contributed by atoms with Gasteiger partial charge in [-0.2, -0.15) is 13.2 Å². The number of alkyl halides is 3. The first-order chi connectivity index (χ1) is 6.86. The fraction of sp³-hybridized carbons (Fsp3) is 0.333. The molecule has 2 nitrogen and oxygen atoms in total. The maximum atomic E-state index is 12.3. The van der Waals surface area contributed by atoms with E-state index in [0.29, 0.717) is 0 Å². The molecule has 0 aliphatic heterocycles. The molecule has 0 amide bonds. The van der Waals surface area contributed by atoms with Crippen LogP contribution in [0.25, 0.3) is 0 Å². The van der Waals surface area contributed by atoms with Crippen molar-refractivity contribution in [3.8, 4) is 0 Å². The van der Waals surface area contributed by atoms with Gasteiger partial charge in [0.2, 0.25) is 0 Å². The Bertz CT molecular complexity index is 354. The van der Waals surface area contributed by atoms with E-state index in [-0.39, 0.29) is 16.1 Å². The largest absolute Gasteiger partial charge is 0.407 e. The summed E-state index contributed by atoms with van der Waals surface area (Å²) in [4.78, 5) is 0. The third-order valence-electron chi connectivity index (χ3n) is 1.97. The van der Waals surface area contributed by atoms with Crippen LogP contribution in [0.1, 0.15) is 17.2 Å².